The fraction of sp³-hybridized carbons (Fsp3) is 0.312. The summed E-state index contributed by atoms with van der Waals surface area (Å²) in [6, 6.07) is 10.1. The molecule has 0 saturated heterocycles. The van der Waals surface area contributed by atoms with Crippen LogP contribution < -0.4 is 10.1 Å². The van der Waals surface area contributed by atoms with E-state index in [2.05, 4.69) is 12.2 Å². The van der Waals surface area contributed by atoms with Gasteiger partial charge in [-0.3, -0.25) is 4.79 Å². The molecule has 0 fully saturated rings. The third-order valence-corrected chi connectivity index (χ3v) is 4.75. The van der Waals surface area contributed by atoms with E-state index in [4.69, 9.17) is 4.74 Å². The minimum absolute atomic E-state index is 0.0104. The van der Waals surface area contributed by atoms with E-state index in [1.807, 2.05) is 37.3 Å². The Hall–Kier alpha value is -1.81. The third-order valence-electron chi connectivity index (χ3n) is 3.54. The topological polar surface area (TPSA) is 38.3 Å². The van der Waals surface area contributed by atoms with Gasteiger partial charge in [-0.25, -0.2) is 0 Å². The monoisotopic (exact) mass is 287 g/mol. The van der Waals surface area contributed by atoms with Crippen molar-refractivity contribution in [3.05, 3.63) is 40.8 Å². The van der Waals surface area contributed by atoms with Gasteiger partial charge in [-0.15, -0.1) is 11.3 Å². The Morgan fingerprint density at radius 1 is 1.45 bits per heavy atom. The molecule has 0 radical (unpaired) electrons. The molecule has 3 nitrogen and oxygen atoms in total. The van der Waals surface area contributed by atoms with Crippen molar-refractivity contribution in [2.24, 2.45) is 0 Å². The van der Waals surface area contributed by atoms with Gasteiger partial charge in [0.1, 0.15) is 12.4 Å². The van der Waals surface area contributed by atoms with Crippen LogP contribution in [0.5, 0.6) is 5.75 Å². The van der Waals surface area contributed by atoms with Gasteiger partial charge in [-0.2, -0.15) is 0 Å². The van der Waals surface area contributed by atoms with Crippen molar-refractivity contribution in [2.75, 3.05) is 0 Å². The molecule has 0 saturated carbocycles. The number of hydrogen-bond donors (Lipinski definition) is 1. The highest BCUT2D eigenvalue weighted by Crippen LogP contribution is 2.42. The zero-order valence-corrected chi connectivity index (χ0v) is 12.4. The molecule has 1 N–H and O–H groups in total. The first-order valence-corrected chi connectivity index (χ1v) is 7.66. The van der Waals surface area contributed by atoms with Crippen LogP contribution in [0.15, 0.2) is 30.3 Å². The molecule has 1 unspecified atom stereocenters. The Morgan fingerprint density at radius 2 is 2.25 bits per heavy atom. The van der Waals surface area contributed by atoms with Crippen molar-refractivity contribution in [3.8, 4) is 16.2 Å². The summed E-state index contributed by atoms with van der Waals surface area (Å²) in [6.07, 6.45) is 0.933. The number of ether oxygens (including phenoxy) is 1. The number of fused-ring (bicyclic) bond motifs is 3. The lowest BCUT2D eigenvalue weighted by atomic mass is 10.1. The van der Waals surface area contributed by atoms with Gasteiger partial charge in [-0.05, 0) is 31.5 Å². The normalized spacial score (nSPS) is 13.9. The van der Waals surface area contributed by atoms with Crippen molar-refractivity contribution in [1.82, 2.24) is 5.32 Å². The molecule has 20 heavy (non-hydrogen) atoms. The third kappa shape index (κ3) is 2.31. The molecule has 4 heteroatoms. The Kier molecular flexibility index (Phi) is 3.49. The van der Waals surface area contributed by atoms with Crippen molar-refractivity contribution in [3.63, 3.8) is 0 Å². The molecular weight excluding hydrogens is 270 g/mol. The fourth-order valence-electron chi connectivity index (χ4n) is 2.21. The van der Waals surface area contributed by atoms with Crippen LogP contribution >= 0.6 is 11.3 Å². The molecule has 1 aromatic carbocycles. The Bertz CT molecular complexity index is 648. The molecule has 1 aromatic heterocycles. The minimum Gasteiger partial charge on any atom is -0.488 e. The molecule has 0 aliphatic carbocycles. The molecule has 2 heterocycles. The second-order valence-electron chi connectivity index (χ2n) is 5.03. The number of amides is 1. The SMILES string of the molecule is CCC(C)NC(=O)c1cc2c(s1)-c1ccccc1OC2. The van der Waals surface area contributed by atoms with Crippen LogP contribution in [0.2, 0.25) is 0 Å². The average molecular weight is 287 g/mol. The predicted octanol–water partition coefficient (Wildman–Crippen LogP) is 3.84. The number of hydrogen-bond acceptors (Lipinski definition) is 3. The van der Waals surface area contributed by atoms with E-state index in [9.17, 15) is 4.79 Å². The first-order valence-electron chi connectivity index (χ1n) is 6.84. The van der Waals surface area contributed by atoms with Crippen LogP contribution in [0.25, 0.3) is 10.4 Å². The average Bonchev–Trinajstić information content (AvgIpc) is 2.91. The van der Waals surface area contributed by atoms with E-state index in [0.29, 0.717) is 6.61 Å². The summed E-state index contributed by atoms with van der Waals surface area (Å²) < 4.78 is 5.72. The number of carbonyl (C=O) groups excluding carboxylic acids is 1. The standard InChI is InChI=1S/C16H17NO2S/c1-3-10(2)17-16(18)14-8-11-9-19-13-7-5-4-6-12(13)15(11)20-14/h4-8,10H,3,9H2,1-2H3,(H,17,18). The largest absolute Gasteiger partial charge is 0.488 e. The van der Waals surface area contributed by atoms with Crippen molar-refractivity contribution < 1.29 is 9.53 Å². The molecule has 1 amide bonds. The summed E-state index contributed by atoms with van der Waals surface area (Å²) >= 11 is 1.55. The van der Waals surface area contributed by atoms with Gasteiger partial charge in [0, 0.05) is 22.0 Å². The minimum atomic E-state index is 0.0104. The Morgan fingerprint density at radius 3 is 3.05 bits per heavy atom. The lowest BCUT2D eigenvalue weighted by Crippen LogP contribution is -2.31. The zero-order chi connectivity index (χ0) is 14.1. The Balaban J connectivity index is 1.92. The molecule has 1 atom stereocenters. The first-order chi connectivity index (χ1) is 9.69. The molecule has 1 aliphatic heterocycles. The summed E-state index contributed by atoms with van der Waals surface area (Å²) in [7, 11) is 0. The summed E-state index contributed by atoms with van der Waals surface area (Å²) in [4.78, 5) is 14.1. The molecule has 2 aromatic rings. The number of rotatable bonds is 3. The maximum Gasteiger partial charge on any atom is 0.261 e. The van der Waals surface area contributed by atoms with Crippen LogP contribution in [0.4, 0.5) is 0 Å². The van der Waals surface area contributed by atoms with E-state index in [0.717, 1.165) is 33.1 Å². The number of carbonyl (C=O) groups is 1. The highest BCUT2D eigenvalue weighted by atomic mass is 32.1. The van der Waals surface area contributed by atoms with E-state index >= 15 is 0 Å². The summed E-state index contributed by atoms with van der Waals surface area (Å²) in [5, 5.41) is 3.01. The molecular formula is C16H17NO2S. The Labute approximate surface area is 122 Å². The fourth-order valence-corrected chi connectivity index (χ4v) is 3.31. The maximum atomic E-state index is 12.2. The van der Waals surface area contributed by atoms with Crippen molar-refractivity contribution in [1.29, 1.82) is 0 Å². The summed E-state index contributed by atoms with van der Waals surface area (Å²) in [6.45, 7) is 4.62. The summed E-state index contributed by atoms with van der Waals surface area (Å²) in [5.74, 6) is 0.909. The van der Waals surface area contributed by atoms with Crippen LogP contribution in [0, 0.1) is 0 Å². The maximum absolute atomic E-state index is 12.2. The van der Waals surface area contributed by atoms with Gasteiger partial charge >= 0.3 is 0 Å². The van der Waals surface area contributed by atoms with Crippen LogP contribution in [0.3, 0.4) is 0 Å². The van der Waals surface area contributed by atoms with E-state index in [1.54, 1.807) is 11.3 Å². The number of nitrogens with one attached hydrogen (secondary N) is 1. The highest BCUT2D eigenvalue weighted by molar-refractivity contribution is 7.17. The van der Waals surface area contributed by atoms with Gasteiger partial charge in [0.2, 0.25) is 0 Å². The zero-order valence-electron chi connectivity index (χ0n) is 11.6. The van der Waals surface area contributed by atoms with Gasteiger partial charge < -0.3 is 10.1 Å². The predicted molar refractivity (Wildman–Crippen MR) is 81.3 cm³/mol. The number of thiophene rings is 1. The van der Waals surface area contributed by atoms with Gasteiger partial charge in [0.15, 0.2) is 0 Å². The van der Waals surface area contributed by atoms with Crippen LogP contribution in [0.1, 0.15) is 35.5 Å². The van der Waals surface area contributed by atoms with E-state index in [-0.39, 0.29) is 11.9 Å². The van der Waals surface area contributed by atoms with Gasteiger partial charge in [0.25, 0.3) is 5.91 Å². The second kappa shape index (κ2) is 5.29. The lowest BCUT2D eigenvalue weighted by molar-refractivity contribution is 0.0943. The smallest absolute Gasteiger partial charge is 0.261 e. The molecule has 104 valence electrons. The number of para-hydroxylation sites is 1. The highest BCUT2D eigenvalue weighted by Gasteiger charge is 2.22. The van der Waals surface area contributed by atoms with Gasteiger partial charge in [0.05, 0.1) is 4.88 Å². The summed E-state index contributed by atoms with van der Waals surface area (Å²) in [5.41, 5.74) is 2.18. The van der Waals surface area contributed by atoms with Crippen LogP contribution in [-0.2, 0) is 6.61 Å². The number of benzene rings is 1. The van der Waals surface area contributed by atoms with E-state index < -0.39 is 0 Å². The molecule has 0 bridgehead atoms. The quantitative estimate of drug-likeness (QED) is 0.931. The lowest BCUT2D eigenvalue weighted by Gasteiger charge is -2.16. The van der Waals surface area contributed by atoms with Gasteiger partial charge in [-0.1, -0.05) is 19.1 Å². The van der Waals surface area contributed by atoms with Crippen molar-refractivity contribution >= 4 is 17.2 Å². The second-order valence-corrected chi connectivity index (χ2v) is 6.08. The van der Waals surface area contributed by atoms with E-state index in [1.165, 1.54) is 0 Å². The van der Waals surface area contributed by atoms with Crippen LogP contribution in [-0.4, -0.2) is 11.9 Å². The molecule has 0 spiro atoms. The molecule has 1 aliphatic rings. The van der Waals surface area contributed by atoms with Crippen molar-refractivity contribution in [2.45, 2.75) is 32.9 Å². The molecule has 3 rings (SSSR count). The first kappa shape index (κ1) is 13.2.